The van der Waals surface area contributed by atoms with Crippen molar-refractivity contribution in [1.82, 2.24) is 15.6 Å². The summed E-state index contributed by atoms with van der Waals surface area (Å²) in [5.41, 5.74) is 2.48. The molecule has 1 saturated heterocycles. The number of aromatic amines is 1. The molecule has 6 nitrogen and oxygen atoms in total. The van der Waals surface area contributed by atoms with Crippen molar-refractivity contribution in [3.63, 3.8) is 0 Å². The zero-order valence-electron chi connectivity index (χ0n) is 14.6. The summed E-state index contributed by atoms with van der Waals surface area (Å²) in [6, 6.07) is 8.28. The summed E-state index contributed by atoms with van der Waals surface area (Å²) in [4.78, 5) is 7.89. The van der Waals surface area contributed by atoms with Gasteiger partial charge in [0.1, 0.15) is 0 Å². The number of H-pyrrole nitrogens is 1. The van der Waals surface area contributed by atoms with E-state index in [-0.39, 0.29) is 17.5 Å². The molecule has 1 unspecified atom stereocenters. The Hall–Kier alpha value is -2.02. The summed E-state index contributed by atoms with van der Waals surface area (Å²) in [6.07, 6.45) is 4.63. The lowest BCUT2D eigenvalue weighted by atomic mass is 10.1. The Balaban J connectivity index is 1.53. The van der Waals surface area contributed by atoms with Gasteiger partial charge in [-0.15, -0.1) is 0 Å². The third kappa shape index (κ3) is 4.75. The van der Waals surface area contributed by atoms with Gasteiger partial charge in [-0.25, -0.2) is 8.42 Å². The molecule has 0 bridgehead atoms. The third-order valence-corrected chi connectivity index (χ3v) is 6.23. The van der Waals surface area contributed by atoms with E-state index in [0.717, 1.165) is 19.4 Å². The van der Waals surface area contributed by atoms with E-state index in [2.05, 4.69) is 45.0 Å². The number of aromatic nitrogens is 1. The number of sulfone groups is 1. The van der Waals surface area contributed by atoms with Crippen LogP contribution in [-0.4, -0.2) is 50.0 Å². The summed E-state index contributed by atoms with van der Waals surface area (Å²) >= 11 is 0. The maximum atomic E-state index is 11.6. The third-order valence-electron chi connectivity index (χ3n) is 4.47. The van der Waals surface area contributed by atoms with Gasteiger partial charge in [0.25, 0.3) is 0 Å². The minimum atomic E-state index is -2.88. The highest BCUT2D eigenvalue weighted by molar-refractivity contribution is 7.91. The largest absolute Gasteiger partial charge is 0.361 e. The predicted molar refractivity (Wildman–Crippen MR) is 103 cm³/mol. The van der Waals surface area contributed by atoms with Gasteiger partial charge in [0, 0.05) is 36.2 Å². The van der Waals surface area contributed by atoms with Crippen LogP contribution >= 0.6 is 0 Å². The summed E-state index contributed by atoms with van der Waals surface area (Å²) < 4.78 is 23.2. The van der Waals surface area contributed by atoms with Crippen LogP contribution in [0.3, 0.4) is 0 Å². The Labute approximate surface area is 149 Å². The summed E-state index contributed by atoms with van der Waals surface area (Å²) in [6.45, 7) is 3.47. The van der Waals surface area contributed by atoms with Crippen LogP contribution in [-0.2, 0) is 16.3 Å². The first-order valence-corrected chi connectivity index (χ1v) is 10.7. The zero-order chi connectivity index (χ0) is 17.7. The fourth-order valence-electron chi connectivity index (χ4n) is 3.22. The number of fused-ring (bicyclic) bond motifs is 1. The van der Waals surface area contributed by atoms with Crippen LogP contribution in [0.4, 0.5) is 0 Å². The Kier molecular flexibility index (Phi) is 5.63. The Morgan fingerprint density at radius 3 is 2.96 bits per heavy atom. The van der Waals surface area contributed by atoms with Crippen LogP contribution in [0, 0.1) is 0 Å². The fourth-order valence-corrected chi connectivity index (χ4v) is 4.89. The molecule has 136 valence electrons. The molecule has 7 heteroatoms. The van der Waals surface area contributed by atoms with Gasteiger partial charge in [-0.1, -0.05) is 18.2 Å². The first-order chi connectivity index (χ1) is 12.1. The number of nitrogens with zero attached hydrogens (tertiary/aromatic N) is 1. The second kappa shape index (κ2) is 7.91. The normalized spacial score (nSPS) is 20.0. The predicted octanol–water partition coefficient (Wildman–Crippen LogP) is 1.84. The van der Waals surface area contributed by atoms with E-state index < -0.39 is 9.84 Å². The summed E-state index contributed by atoms with van der Waals surface area (Å²) in [7, 11) is -2.88. The monoisotopic (exact) mass is 362 g/mol. The number of nitrogens with one attached hydrogen (secondary N) is 3. The highest BCUT2D eigenvalue weighted by Crippen LogP contribution is 2.18. The van der Waals surface area contributed by atoms with Gasteiger partial charge in [-0.05, 0) is 37.8 Å². The second-order valence-electron chi connectivity index (χ2n) is 6.47. The molecule has 0 amide bonds. The second-order valence-corrected chi connectivity index (χ2v) is 8.70. The molecule has 3 rings (SSSR count). The lowest BCUT2D eigenvalue weighted by molar-refractivity contribution is 0.599. The fraction of sp³-hybridized carbons (Fsp3) is 0.500. The Bertz CT molecular complexity index is 842. The van der Waals surface area contributed by atoms with Crippen molar-refractivity contribution in [3.05, 3.63) is 36.0 Å². The van der Waals surface area contributed by atoms with Crippen LogP contribution in [0.5, 0.6) is 0 Å². The van der Waals surface area contributed by atoms with Gasteiger partial charge in [0.15, 0.2) is 15.8 Å². The Morgan fingerprint density at radius 1 is 1.36 bits per heavy atom. The van der Waals surface area contributed by atoms with Crippen molar-refractivity contribution < 1.29 is 8.42 Å². The van der Waals surface area contributed by atoms with Crippen LogP contribution in [0.1, 0.15) is 25.3 Å². The lowest BCUT2D eigenvalue weighted by Gasteiger charge is -2.15. The standard InChI is InChI=1S/C18H26N4O2S/c1-2-19-18(22-15-9-11-25(23,24)13-15)20-10-5-6-14-12-21-17-8-4-3-7-16(14)17/h3-4,7-8,12,15,21H,2,5-6,9-11,13H2,1H3,(H2,19,20,22). The van der Waals surface area contributed by atoms with Gasteiger partial charge < -0.3 is 15.6 Å². The number of guanidine groups is 1. The van der Waals surface area contributed by atoms with Crippen molar-refractivity contribution in [3.8, 4) is 0 Å². The molecule has 1 fully saturated rings. The first-order valence-electron chi connectivity index (χ1n) is 8.87. The van der Waals surface area contributed by atoms with E-state index in [1.807, 2.05) is 13.0 Å². The van der Waals surface area contributed by atoms with Crippen LogP contribution in [0.2, 0.25) is 0 Å². The lowest BCUT2D eigenvalue weighted by Crippen LogP contribution is -2.44. The molecule has 1 aromatic carbocycles. The van der Waals surface area contributed by atoms with Gasteiger partial charge in [0.05, 0.1) is 11.5 Å². The zero-order valence-corrected chi connectivity index (χ0v) is 15.4. The molecule has 25 heavy (non-hydrogen) atoms. The smallest absolute Gasteiger partial charge is 0.191 e. The molecule has 3 N–H and O–H groups in total. The highest BCUT2D eigenvalue weighted by atomic mass is 32.2. The SMILES string of the molecule is CCNC(=NCCCc1c[nH]c2ccccc12)NC1CCS(=O)(=O)C1. The average molecular weight is 362 g/mol. The van der Waals surface area contributed by atoms with Gasteiger partial charge >= 0.3 is 0 Å². The topological polar surface area (TPSA) is 86.3 Å². The van der Waals surface area contributed by atoms with E-state index >= 15 is 0 Å². The van der Waals surface area contributed by atoms with Crippen molar-refractivity contribution in [2.45, 2.75) is 32.2 Å². The van der Waals surface area contributed by atoms with E-state index in [0.29, 0.717) is 18.9 Å². The van der Waals surface area contributed by atoms with Crippen molar-refractivity contribution >= 4 is 26.7 Å². The van der Waals surface area contributed by atoms with Crippen LogP contribution < -0.4 is 10.6 Å². The number of aliphatic imine (C=N–C) groups is 1. The molecule has 2 aromatic rings. The minimum absolute atomic E-state index is 0.0311. The van der Waals surface area contributed by atoms with Crippen LogP contribution in [0.15, 0.2) is 35.5 Å². The summed E-state index contributed by atoms with van der Waals surface area (Å²) in [5.74, 6) is 1.18. The maximum Gasteiger partial charge on any atom is 0.191 e. The minimum Gasteiger partial charge on any atom is -0.361 e. The molecular weight excluding hydrogens is 336 g/mol. The molecule has 0 aliphatic carbocycles. The number of para-hydroxylation sites is 1. The van der Waals surface area contributed by atoms with Gasteiger partial charge in [-0.3, -0.25) is 4.99 Å². The maximum absolute atomic E-state index is 11.6. The average Bonchev–Trinajstić information content (AvgIpc) is 3.15. The quantitative estimate of drug-likeness (QED) is 0.416. The molecule has 0 saturated carbocycles. The number of rotatable bonds is 6. The van der Waals surface area contributed by atoms with Crippen molar-refractivity contribution in [1.29, 1.82) is 0 Å². The summed E-state index contributed by atoms with van der Waals surface area (Å²) in [5, 5.41) is 7.72. The Morgan fingerprint density at radius 2 is 2.20 bits per heavy atom. The molecule has 1 atom stereocenters. The van der Waals surface area contributed by atoms with E-state index in [1.54, 1.807) is 0 Å². The van der Waals surface area contributed by atoms with Crippen molar-refractivity contribution in [2.75, 3.05) is 24.6 Å². The molecule has 1 aliphatic heterocycles. The molecular formula is C18H26N4O2S. The van der Waals surface area contributed by atoms with E-state index in [4.69, 9.17) is 0 Å². The molecule has 1 aromatic heterocycles. The number of aryl methyl sites for hydroxylation is 1. The molecule has 0 radical (unpaired) electrons. The van der Waals surface area contributed by atoms with Crippen LogP contribution in [0.25, 0.3) is 10.9 Å². The van der Waals surface area contributed by atoms with E-state index in [1.165, 1.54) is 16.5 Å². The molecule has 2 heterocycles. The molecule has 0 spiro atoms. The number of hydrogen-bond donors (Lipinski definition) is 3. The first kappa shape index (κ1) is 17.8. The van der Waals surface area contributed by atoms with Crippen molar-refractivity contribution in [2.24, 2.45) is 4.99 Å². The van der Waals surface area contributed by atoms with Gasteiger partial charge in [-0.2, -0.15) is 0 Å². The molecule has 1 aliphatic rings. The van der Waals surface area contributed by atoms with Gasteiger partial charge in [0.2, 0.25) is 0 Å². The number of hydrogen-bond acceptors (Lipinski definition) is 3. The number of benzene rings is 1. The highest BCUT2D eigenvalue weighted by Gasteiger charge is 2.28. The van der Waals surface area contributed by atoms with E-state index in [9.17, 15) is 8.42 Å².